The number of hydrogen-bond acceptors (Lipinski definition) is 2. The van der Waals surface area contributed by atoms with Crippen LogP contribution in [0.5, 0.6) is 0 Å². The lowest BCUT2D eigenvalue weighted by molar-refractivity contribution is -0.117. The number of nitrogens with one attached hydrogen (secondary N) is 1. The van der Waals surface area contributed by atoms with Gasteiger partial charge in [-0.3, -0.25) is 4.79 Å². The molecule has 1 atom stereocenters. The molecule has 1 N–H and O–H groups in total. The maximum atomic E-state index is 12.8. The van der Waals surface area contributed by atoms with E-state index >= 15 is 0 Å². The van der Waals surface area contributed by atoms with Crippen molar-refractivity contribution in [1.29, 1.82) is 5.26 Å². The molecule has 0 aliphatic heterocycles. The van der Waals surface area contributed by atoms with Gasteiger partial charge in [-0.15, -0.1) is 0 Å². The van der Waals surface area contributed by atoms with Crippen LogP contribution in [0.25, 0.3) is 0 Å². The van der Waals surface area contributed by atoms with Crippen molar-refractivity contribution in [2.45, 2.75) is 6.92 Å². The summed E-state index contributed by atoms with van der Waals surface area (Å²) in [7, 11) is 0. The molecule has 0 aliphatic rings. The van der Waals surface area contributed by atoms with Crippen molar-refractivity contribution in [1.82, 2.24) is 0 Å². The third-order valence-corrected chi connectivity index (χ3v) is 2.44. The normalized spacial score (nSPS) is 11.7. The van der Waals surface area contributed by atoms with E-state index in [1.54, 1.807) is 6.07 Å². The van der Waals surface area contributed by atoms with Gasteiger partial charge in [-0.1, -0.05) is 23.2 Å². The third kappa shape index (κ3) is 2.84. The summed E-state index contributed by atoms with van der Waals surface area (Å²) >= 11 is 11.4. The second-order valence-corrected chi connectivity index (χ2v) is 3.90. The van der Waals surface area contributed by atoms with Crippen LogP contribution in [0.4, 0.5) is 10.1 Å². The van der Waals surface area contributed by atoms with Crippen LogP contribution >= 0.6 is 23.2 Å². The van der Waals surface area contributed by atoms with Crippen LogP contribution in [-0.4, -0.2) is 5.91 Å². The summed E-state index contributed by atoms with van der Waals surface area (Å²) in [5.41, 5.74) is 0.108. The Morgan fingerprint density at radius 2 is 2.00 bits per heavy atom. The van der Waals surface area contributed by atoms with E-state index in [0.29, 0.717) is 0 Å². The molecule has 1 aromatic rings. The summed E-state index contributed by atoms with van der Waals surface area (Å²) in [6.07, 6.45) is 0. The lowest BCUT2D eigenvalue weighted by Crippen LogP contribution is -2.19. The number of rotatable bonds is 2. The monoisotopic (exact) mass is 260 g/mol. The summed E-state index contributed by atoms with van der Waals surface area (Å²) in [6, 6.07) is 3.82. The van der Waals surface area contributed by atoms with E-state index in [1.165, 1.54) is 6.92 Å². The number of benzene rings is 1. The first kappa shape index (κ1) is 12.8. The van der Waals surface area contributed by atoms with Crippen LogP contribution in [0.15, 0.2) is 12.1 Å². The van der Waals surface area contributed by atoms with Crippen LogP contribution < -0.4 is 5.32 Å². The standard InChI is InChI=1S/C10H7Cl2FN2O/c1-5(4-14)10(16)15-9-7(11)2-6(13)3-8(9)12/h2-3,5H,1H3,(H,15,16). The highest BCUT2D eigenvalue weighted by Gasteiger charge is 2.16. The minimum atomic E-state index is -0.836. The first-order chi connectivity index (χ1) is 7.45. The zero-order valence-corrected chi connectivity index (χ0v) is 9.73. The molecule has 3 nitrogen and oxygen atoms in total. The number of anilines is 1. The first-order valence-corrected chi connectivity index (χ1v) is 5.06. The minimum Gasteiger partial charge on any atom is -0.322 e. The number of amides is 1. The molecule has 0 saturated heterocycles. The van der Waals surface area contributed by atoms with Gasteiger partial charge in [0.05, 0.1) is 21.8 Å². The Morgan fingerprint density at radius 3 is 2.44 bits per heavy atom. The average Bonchev–Trinajstić information content (AvgIpc) is 2.21. The fourth-order valence-electron chi connectivity index (χ4n) is 0.952. The lowest BCUT2D eigenvalue weighted by Gasteiger charge is -2.10. The van der Waals surface area contributed by atoms with E-state index in [-0.39, 0.29) is 15.7 Å². The minimum absolute atomic E-state index is 0.0107. The molecule has 0 bridgehead atoms. The number of nitriles is 1. The summed E-state index contributed by atoms with van der Waals surface area (Å²) in [6.45, 7) is 1.43. The van der Waals surface area contributed by atoms with Gasteiger partial charge in [-0.25, -0.2) is 4.39 Å². The molecule has 1 rings (SSSR count). The molecule has 0 aromatic heterocycles. The predicted molar refractivity (Wildman–Crippen MR) is 59.8 cm³/mol. The molecule has 0 heterocycles. The molecule has 16 heavy (non-hydrogen) atoms. The van der Waals surface area contributed by atoms with Gasteiger partial charge >= 0.3 is 0 Å². The van der Waals surface area contributed by atoms with Crippen LogP contribution in [0.2, 0.25) is 10.0 Å². The number of halogens is 3. The van der Waals surface area contributed by atoms with Crippen LogP contribution in [0.3, 0.4) is 0 Å². The SMILES string of the molecule is CC(C#N)C(=O)Nc1c(Cl)cc(F)cc1Cl. The van der Waals surface area contributed by atoms with Crippen molar-refractivity contribution in [3.8, 4) is 6.07 Å². The van der Waals surface area contributed by atoms with E-state index in [0.717, 1.165) is 12.1 Å². The van der Waals surface area contributed by atoms with Crippen molar-refractivity contribution < 1.29 is 9.18 Å². The van der Waals surface area contributed by atoms with Crippen LogP contribution in [0.1, 0.15) is 6.92 Å². The summed E-state index contributed by atoms with van der Waals surface area (Å²) in [4.78, 5) is 11.4. The Balaban J connectivity index is 2.99. The van der Waals surface area contributed by atoms with Gasteiger partial charge in [0, 0.05) is 0 Å². The van der Waals surface area contributed by atoms with Crippen molar-refractivity contribution in [2.75, 3.05) is 5.32 Å². The molecule has 0 fully saturated rings. The maximum absolute atomic E-state index is 12.8. The summed E-state index contributed by atoms with van der Waals surface area (Å²) in [5.74, 6) is -1.98. The number of carbonyl (C=O) groups is 1. The highest BCUT2D eigenvalue weighted by molar-refractivity contribution is 6.39. The number of nitrogens with zero attached hydrogens (tertiary/aromatic N) is 1. The van der Waals surface area contributed by atoms with Gasteiger partial charge in [0.25, 0.3) is 0 Å². The quantitative estimate of drug-likeness (QED) is 0.888. The molecular formula is C10H7Cl2FN2O. The molecule has 6 heteroatoms. The molecule has 0 spiro atoms. The molecular weight excluding hydrogens is 254 g/mol. The van der Waals surface area contributed by atoms with E-state index in [1.807, 2.05) is 0 Å². The number of hydrogen-bond donors (Lipinski definition) is 1. The van der Waals surface area contributed by atoms with Crippen molar-refractivity contribution in [3.63, 3.8) is 0 Å². The van der Waals surface area contributed by atoms with E-state index in [9.17, 15) is 9.18 Å². The largest absolute Gasteiger partial charge is 0.322 e. The molecule has 1 amide bonds. The summed E-state index contributed by atoms with van der Waals surface area (Å²) in [5, 5.41) is 10.9. The predicted octanol–water partition coefficient (Wildman–Crippen LogP) is 3.23. The molecule has 1 unspecified atom stereocenters. The average molecular weight is 261 g/mol. The second kappa shape index (κ2) is 5.15. The van der Waals surface area contributed by atoms with Gasteiger partial charge in [-0.05, 0) is 19.1 Å². The van der Waals surface area contributed by atoms with Crippen LogP contribution in [0, 0.1) is 23.1 Å². The zero-order chi connectivity index (χ0) is 12.3. The molecule has 0 aliphatic carbocycles. The molecule has 1 aromatic carbocycles. The van der Waals surface area contributed by atoms with E-state index < -0.39 is 17.6 Å². The molecule has 0 radical (unpaired) electrons. The van der Waals surface area contributed by atoms with Crippen LogP contribution in [-0.2, 0) is 4.79 Å². The highest BCUT2D eigenvalue weighted by Crippen LogP contribution is 2.31. The Labute approximate surface area is 102 Å². The lowest BCUT2D eigenvalue weighted by atomic mass is 10.2. The maximum Gasteiger partial charge on any atom is 0.241 e. The van der Waals surface area contributed by atoms with Gasteiger partial charge in [-0.2, -0.15) is 5.26 Å². The topological polar surface area (TPSA) is 52.9 Å². The zero-order valence-electron chi connectivity index (χ0n) is 8.22. The second-order valence-electron chi connectivity index (χ2n) is 3.08. The fourth-order valence-corrected chi connectivity index (χ4v) is 1.51. The Morgan fingerprint density at radius 1 is 1.50 bits per heavy atom. The van der Waals surface area contributed by atoms with Gasteiger partial charge in [0.2, 0.25) is 5.91 Å². The Bertz CT molecular complexity index is 447. The van der Waals surface area contributed by atoms with Gasteiger partial charge in [0.15, 0.2) is 0 Å². The molecule has 0 saturated carbocycles. The van der Waals surface area contributed by atoms with E-state index in [2.05, 4.69) is 5.32 Å². The van der Waals surface area contributed by atoms with Crippen molar-refractivity contribution in [2.24, 2.45) is 5.92 Å². The highest BCUT2D eigenvalue weighted by atomic mass is 35.5. The van der Waals surface area contributed by atoms with Crippen molar-refractivity contribution >= 4 is 34.8 Å². The fraction of sp³-hybridized carbons (Fsp3) is 0.200. The van der Waals surface area contributed by atoms with Gasteiger partial charge in [0.1, 0.15) is 11.7 Å². The molecule has 84 valence electrons. The first-order valence-electron chi connectivity index (χ1n) is 4.30. The third-order valence-electron chi connectivity index (χ3n) is 1.84. The van der Waals surface area contributed by atoms with E-state index in [4.69, 9.17) is 28.5 Å². The smallest absolute Gasteiger partial charge is 0.241 e. The Kier molecular flexibility index (Phi) is 4.11. The van der Waals surface area contributed by atoms with Crippen molar-refractivity contribution in [3.05, 3.63) is 28.0 Å². The van der Waals surface area contributed by atoms with Gasteiger partial charge < -0.3 is 5.32 Å². The summed E-state index contributed by atoms with van der Waals surface area (Å²) < 4.78 is 12.8. The number of carbonyl (C=O) groups excluding carboxylic acids is 1. The Hall–Kier alpha value is -1.31.